The van der Waals surface area contributed by atoms with Crippen LogP contribution in [0.25, 0.3) is 0 Å². The van der Waals surface area contributed by atoms with Gasteiger partial charge >= 0.3 is 0 Å². The minimum atomic E-state index is -3.15. The van der Waals surface area contributed by atoms with Crippen molar-refractivity contribution in [1.29, 1.82) is 0 Å². The van der Waals surface area contributed by atoms with E-state index in [1.807, 2.05) is 13.8 Å². The third-order valence-corrected chi connectivity index (χ3v) is 5.30. The molecule has 0 aliphatic carbocycles. The van der Waals surface area contributed by atoms with Crippen molar-refractivity contribution in [1.82, 2.24) is 9.62 Å². The maximum Gasteiger partial charge on any atom is 0.215 e. The van der Waals surface area contributed by atoms with Gasteiger partial charge in [-0.3, -0.25) is 0 Å². The third kappa shape index (κ3) is 4.50. The minimum absolute atomic E-state index is 0.0200. The van der Waals surface area contributed by atoms with Crippen molar-refractivity contribution in [3.63, 3.8) is 0 Å². The van der Waals surface area contributed by atoms with Gasteiger partial charge in [-0.1, -0.05) is 20.8 Å². The van der Waals surface area contributed by atoms with E-state index in [9.17, 15) is 8.42 Å². The highest BCUT2D eigenvalue weighted by Gasteiger charge is 2.32. The summed E-state index contributed by atoms with van der Waals surface area (Å²) in [5.74, 6) is 0.589. The molecule has 1 N–H and O–H groups in total. The Morgan fingerprint density at radius 1 is 1.44 bits per heavy atom. The molecule has 1 rings (SSSR count). The monoisotopic (exact) mass is 278 g/mol. The zero-order chi connectivity index (χ0) is 13.8. The first-order valence-corrected chi connectivity index (χ1v) is 8.21. The van der Waals surface area contributed by atoms with Crippen LogP contribution in [0, 0.1) is 5.92 Å². The number of methoxy groups -OCH3 is 1. The van der Waals surface area contributed by atoms with Gasteiger partial charge in [-0.15, -0.1) is 0 Å². The molecule has 0 spiro atoms. The number of hydrogen-bond acceptors (Lipinski definition) is 4. The normalized spacial score (nSPS) is 26.7. The van der Waals surface area contributed by atoms with Gasteiger partial charge in [0.15, 0.2) is 0 Å². The molecular formula is C12H26N2O3S. The maximum absolute atomic E-state index is 12.2. The lowest BCUT2D eigenvalue weighted by Crippen LogP contribution is -2.48. The van der Waals surface area contributed by atoms with Crippen LogP contribution in [0.15, 0.2) is 0 Å². The average molecular weight is 278 g/mol. The van der Waals surface area contributed by atoms with Gasteiger partial charge in [-0.2, -0.15) is 4.31 Å². The molecule has 0 bridgehead atoms. The molecule has 2 atom stereocenters. The SMILES string of the molecule is COC1CN(S(=O)(=O)CCNC(C)C)CCC1C. The van der Waals surface area contributed by atoms with Crippen LogP contribution in [0.2, 0.25) is 0 Å². The lowest BCUT2D eigenvalue weighted by molar-refractivity contribution is 0.0184. The molecule has 0 aromatic rings. The summed E-state index contributed by atoms with van der Waals surface area (Å²) >= 11 is 0. The molecule has 1 heterocycles. The summed E-state index contributed by atoms with van der Waals surface area (Å²) in [6.07, 6.45) is 0.890. The summed E-state index contributed by atoms with van der Waals surface area (Å²) in [5.41, 5.74) is 0. The predicted molar refractivity (Wildman–Crippen MR) is 73.1 cm³/mol. The number of hydrogen-bond donors (Lipinski definition) is 1. The fourth-order valence-corrected chi connectivity index (χ4v) is 3.56. The average Bonchev–Trinajstić information content (AvgIpc) is 2.28. The van der Waals surface area contributed by atoms with Gasteiger partial charge in [0.1, 0.15) is 0 Å². The van der Waals surface area contributed by atoms with Gasteiger partial charge in [0.2, 0.25) is 10.0 Å². The van der Waals surface area contributed by atoms with Gasteiger partial charge in [0.05, 0.1) is 11.9 Å². The van der Waals surface area contributed by atoms with Crippen molar-refractivity contribution in [3.8, 4) is 0 Å². The third-order valence-electron chi connectivity index (χ3n) is 3.46. The van der Waals surface area contributed by atoms with Gasteiger partial charge < -0.3 is 10.1 Å². The molecule has 5 nitrogen and oxygen atoms in total. The molecule has 1 saturated heterocycles. The fraction of sp³-hybridized carbons (Fsp3) is 1.00. The first-order chi connectivity index (χ1) is 8.36. The predicted octanol–water partition coefficient (Wildman–Crippen LogP) is 0.671. The largest absolute Gasteiger partial charge is 0.380 e. The van der Waals surface area contributed by atoms with Gasteiger partial charge in [0, 0.05) is 32.8 Å². The van der Waals surface area contributed by atoms with Crippen molar-refractivity contribution < 1.29 is 13.2 Å². The Morgan fingerprint density at radius 3 is 2.67 bits per heavy atom. The highest BCUT2D eigenvalue weighted by atomic mass is 32.2. The van der Waals surface area contributed by atoms with E-state index in [-0.39, 0.29) is 11.9 Å². The van der Waals surface area contributed by atoms with E-state index in [2.05, 4.69) is 12.2 Å². The van der Waals surface area contributed by atoms with Gasteiger partial charge in [-0.05, 0) is 12.3 Å². The number of piperidine rings is 1. The van der Waals surface area contributed by atoms with Crippen molar-refractivity contribution in [2.45, 2.75) is 39.3 Å². The summed E-state index contributed by atoms with van der Waals surface area (Å²) in [6.45, 7) is 7.74. The molecule has 0 saturated carbocycles. The lowest BCUT2D eigenvalue weighted by atomic mass is 9.97. The summed E-state index contributed by atoms with van der Waals surface area (Å²) < 4.78 is 31.3. The standard InChI is InChI=1S/C12H26N2O3S/c1-10(2)13-6-8-18(15,16)14-7-5-11(3)12(9-14)17-4/h10-13H,5-9H2,1-4H3. The van der Waals surface area contributed by atoms with Crippen LogP contribution in [0.5, 0.6) is 0 Å². The minimum Gasteiger partial charge on any atom is -0.380 e. The summed E-state index contributed by atoms with van der Waals surface area (Å²) in [5, 5.41) is 3.14. The Kier molecular flexibility index (Phi) is 6.04. The number of nitrogens with zero attached hydrogens (tertiary/aromatic N) is 1. The van der Waals surface area contributed by atoms with Crippen molar-refractivity contribution in [3.05, 3.63) is 0 Å². The zero-order valence-electron chi connectivity index (χ0n) is 11.8. The van der Waals surface area contributed by atoms with Crippen molar-refractivity contribution in [2.75, 3.05) is 32.5 Å². The van der Waals surface area contributed by atoms with E-state index < -0.39 is 10.0 Å². The molecular weight excluding hydrogens is 252 g/mol. The summed E-state index contributed by atoms with van der Waals surface area (Å²) in [4.78, 5) is 0. The number of sulfonamides is 1. The van der Waals surface area contributed by atoms with E-state index in [4.69, 9.17) is 4.74 Å². The maximum atomic E-state index is 12.2. The Hall–Kier alpha value is -0.170. The summed E-state index contributed by atoms with van der Waals surface area (Å²) in [7, 11) is -1.50. The zero-order valence-corrected chi connectivity index (χ0v) is 12.7. The first kappa shape index (κ1) is 15.9. The van der Waals surface area contributed by atoms with Crippen LogP contribution >= 0.6 is 0 Å². The summed E-state index contributed by atoms with van der Waals surface area (Å²) in [6, 6.07) is 0.313. The number of ether oxygens (including phenoxy) is 1. The van der Waals surface area contributed by atoms with Crippen LogP contribution in [0.1, 0.15) is 27.2 Å². The number of nitrogens with one attached hydrogen (secondary N) is 1. The van der Waals surface area contributed by atoms with Crippen LogP contribution in [-0.2, 0) is 14.8 Å². The topological polar surface area (TPSA) is 58.6 Å². The van der Waals surface area contributed by atoms with Gasteiger partial charge in [-0.25, -0.2) is 8.42 Å². The molecule has 1 aliphatic heterocycles. The van der Waals surface area contributed by atoms with Crippen LogP contribution in [0.4, 0.5) is 0 Å². The van der Waals surface area contributed by atoms with E-state index in [0.29, 0.717) is 31.6 Å². The first-order valence-electron chi connectivity index (χ1n) is 6.61. The Bertz CT molecular complexity index is 343. The highest BCUT2D eigenvalue weighted by Crippen LogP contribution is 2.21. The molecule has 0 aromatic heterocycles. The quantitative estimate of drug-likeness (QED) is 0.776. The molecule has 1 fully saturated rings. The van der Waals surface area contributed by atoms with Crippen LogP contribution in [0.3, 0.4) is 0 Å². The van der Waals surface area contributed by atoms with E-state index in [1.165, 1.54) is 0 Å². The van der Waals surface area contributed by atoms with Gasteiger partial charge in [0.25, 0.3) is 0 Å². The van der Waals surface area contributed by atoms with Crippen molar-refractivity contribution >= 4 is 10.0 Å². The second kappa shape index (κ2) is 6.84. The van der Waals surface area contributed by atoms with Crippen molar-refractivity contribution in [2.24, 2.45) is 5.92 Å². The smallest absolute Gasteiger partial charge is 0.215 e. The molecule has 6 heteroatoms. The Morgan fingerprint density at radius 2 is 2.11 bits per heavy atom. The number of rotatable bonds is 6. The molecule has 2 unspecified atom stereocenters. The van der Waals surface area contributed by atoms with Crippen LogP contribution in [-0.4, -0.2) is 57.4 Å². The second-order valence-electron chi connectivity index (χ2n) is 5.32. The second-order valence-corrected chi connectivity index (χ2v) is 7.41. The lowest BCUT2D eigenvalue weighted by Gasteiger charge is -2.35. The molecule has 18 heavy (non-hydrogen) atoms. The van der Waals surface area contributed by atoms with E-state index >= 15 is 0 Å². The molecule has 0 radical (unpaired) electrons. The molecule has 1 aliphatic rings. The van der Waals surface area contributed by atoms with E-state index in [1.54, 1.807) is 11.4 Å². The van der Waals surface area contributed by atoms with Crippen LogP contribution < -0.4 is 5.32 Å². The Balaban J connectivity index is 2.52. The Labute approximate surface area is 111 Å². The molecule has 0 amide bonds. The molecule has 108 valence electrons. The fourth-order valence-electron chi connectivity index (χ4n) is 2.17. The van der Waals surface area contributed by atoms with E-state index in [0.717, 1.165) is 6.42 Å². The highest BCUT2D eigenvalue weighted by molar-refractivity contribution is 7.89. The molecule has 0 aromatic carbocycles.